The second-order valence-electron chi connectivity index (χ2n) is 5.69. The molecule has 0 atom stereocenters. The monoisotopic (exact) mass is 253 g/mol. The van der Waals surface area contributed by atoms with E-state index in [0.717, 1.165) is 0 Å². The highest BCUT2D eigenvalue weighted by Gasteiger charge is 2.39. The summed E-state index contributed by atoms with van der Waals surface area (Å²) in [5.74, 6) is 0.599. The number of pyridine rings is 1. The summed E-state index contributed by atoms with van der Waals surface area (Å²) < 4.78 is 6.01. The Bertz CT molecular complexity index is 391. The molecule has 0 aromatic carbocycles. The van der Waals surface area contributed by atoms with E-state index in [4.69, 9.17) is 14.5 Å². The fraction of sp³-hybridized carbons (Fsp3) is 0.545. The molecule has 0 aliphatic carbocycles. The predicted molar refractivity (Wildman–Crippen MR) is 71.9 cm³/mol. The van der Waals surface area contributed by atoms with Gasteiger partial charge in [-0.3, -0.25) is 4.98 Å². The van der Waals surface area contributed by atoms with E-state index in [-0.39, 0.29) is 5.04 Å². The molecule has 4 nitrogen and oxygen atoms in total. The van der Waals surface area contributed by atoms with Crippen LogP contribution in [-0.2, 0) is 0 Å². The Hall–Kier alpha value is -0.848. The molecule has 0 saturated carbocycles. The zero-order valence-electron chi connectivity index (χ0n) is 11.1. The van der Waals surface area contributed by atoms with Crippen molar-refractivity contribution in [2.45, 2.75) is 38.9 Å². The van der Waals surface area contributed by atoms with Gasteiger partial charge in [0.25, 0.3) is 8.32 Å². The maximum Gasteiger partial charge on any atom is 0.490 e. The average Bonchev–Trinajstić information content (AvgIpc) is 2.15. The fourth-order valence-electron chi connectivity index (χ4n) is 1.08. The first-order valence-corrected chi connectivity index (χ1v) is 8.54. The minimum absolute atomic E-state index is 0.0981. The van der Waals surface area contributed by atoms with Crippen LogP contribution >= 0.6 is 0 Å². The molecule has 0 bridgehead atoms. The van der Waals surface area contributed by atoms with Crippen LogP contribution in [0.4, 0.5) is 0 Å². The number of rotatable bonds is 3. The number of nitrogens with zero attached hydrogens (tertiary/aromatic N) is 1. The summed E-state index contributed by atoms with van der Waals surface area (Å²) in [6.45, 7) is 10.7. The smallest absolute Gasteiger partial charge is 0.490 e. The Labute approximate surface area is 104 Å². The maximum atomic E-state index is 9.08. The molecule has 0 aliphatic rings. The van der Waals surface area contributed by atoms with Crippen molar-refractivity contribution in [3.8, 4) is 5.75 Å². The lowest BCUT2D eigenvalue weighted by molar-refractivity contribution is 0.425. The average molecular weight is 253 g/mol. The predicted octanol–water partition coefficient (Wildman–Crippen LogP) is 1.15. The SMILES string of the molecule is CC(C)(C)[Si](C)(C)Oc1cncc(B(O)O)c1. The zero-order valence-corrected chi connectivity index (χ0v) is 12.1. The summed E-state index contributed by atoms with van der Waals surface area (Å²) in [6.07, 6.45) is 3.02. The number of hydrogen-bond donors (Lipinski definition) is 2. The van der Waals surface area contributed by atoms with Gasteiger partial charge in [0.05, 0.1) is 6.20 Å². The Morgan fingerprint density at radius 1 is 1.24 bits per heavy atom. The fourth-order valence-corrected chi connectivity index (χ4v) is 2.09. The van der Waals surface area contributed by atoms with E-state index >= 15 is 0 Å². The third-order valence-electron chi connectivity index (χ3n) is 3.21. The van der Waals surface area contributed by atoms with Gasteiger partial charge in [0, 0.05) is 11.7 Å². The van der Waals surface area contributed by atoms with Crippen molar-refractivity contribution in [1.82, 2.24) is 4.98 Å². The molecule has 1 aromatic rings. The quantitative estimate of drug-likeness (QED) is 0.793. The second kappa shape index (κ2) is 4.80. The van der Waals surface area contributed by atoms with Crippen LogP contribution in [0.15, 0.2) is 18.5 Å². The molecule has 94 valence electrons. The van der Waals surface area contributed by atoms with Gasteiger partial charge >= 0.3 is 7.12 Å². The standard InChI is InChI=1S/C11H20BNO3Si/c1-11(2,3)17(4,5)16-10-6-9(12(14)15)7-13-8-10/h6-8,14-15H,1-5H3. The first-order valence-electron chi connectivity index (χ1n) is 5.63. The molecule has 0 unspecified atom stereocenters. The van der Waals surface area contributed by atoms with Crippen LogP contribution in [0.1, 0.15) is 20.8 Å². The van der Waals surface area contributed by atoms with Crippen LogP contribution in [0, 0.1) is 0 Å². The van der Waals surface area contributed by atoms with E-state index in [1.54, 1.807) is 12.3 Å². The van der Waals surface area contributed by atoms with Gasteiger partial charge in [0.1, 0.15) is 5.75 Å². The summed E-state index contributed by atoms with van der Waals surface area (Å²) in [7, 11) is -3.42. The summed E-state index contributed by atoms with van der Waals surface area (Å²) in [5.41, 5.74) is 0.348. The zero-order chi connectivity index (χ0) is 13.3. The molecule has 6 heteroatoms. The van der Waals surface area contributed by atoms with Gasteiger partial charge in [-0.25, -0.2) is 0 Å². The Balaban J connectivity index is 2.92. The molecule has 0 spiro atoms. The maximum absolute atomic E-state index is 9.08. The minimum atomic E-state index is -1.91. The molecule has 1 heterocycles. The van der Waals surface area contributed by atoms with E-state index in [1.807, 2.05) is 0 Å². The van der Waals surface area contributed by atoms with E-state index in [9.17, 15) is 0 Å². The number of hydrogen-bond acceptors (Lipinski definition) is 4. The largest absolute Gasteiger partial charge is 0.542 e. The molecule has 0 saturated heterocycles. The normalized spacial score (nSPS) is 12.4. The lowest BCUT2D eigenvalue weighted by Gasteiger charge is -2.36. The van der Waals surface area contributed by atoms with Crippen LogP contribution in [-0.4, -0.2) is 30.5 Å². The molecule has 1 aromatic heterocycles. The Morgan fingerprint density at radius 3 is 2.29 bits per heavy atom. The van der Waals surface area contributed by atoms with Crippen molar-refractivity contribution >= 4 is 20.9 Å². The summed E-state index contributed by atoms with van der Waals surface area (Å²) in [6, 6.07) is 1.62. The van der Waals surface area contributed by atoms with Crippen LogP contribution in [0.2, 0.25) is 18.1 Å². The van der Waals surface area contributed by atoms with Crippen LogP contribution in [0.25, 0.3) is 0 Å². The van der Waals surface area contributed by atoms with Gasteiger partial charge in [-0.15, -0.1) is 0 Å². The molecular formula is C11H20BNO3Si. The lowest BCUT2D eigenvalue weighted by Crippen LogP contribution is -2.44. The van der Waals surface area contributed by atoms with Crippen LogP contribution in [0.5, 0.6) is 5.75 Å². The van der Waals surface area contributed by atoms with Crippen LogP contribution in [0.3, 0.4) is 0 Å². The first-order chi connectivity index (χ1) is 7.63. The van der Waals surface area contributed by atoms with Crippen molar-refractivity contribution in [1.29, 1.82) is 0 Å². The first kappa shape index (κ1) is 14.2. The molecule has 0 fully saturated rings. The van der Waals surface area contributed by atoms with E-state index < -0.39 is 15.4 Å². The van der Waals surface area contributed by atoms with Gasteiger partial charge in [-0.1, -0.05) is 20.8 Å². The highest BCUT2D eigenvalue weighted by atomic mass is 28.4. The molecule has 17 heavy (non-hydrogen) atoms. The summed E-state index contributed by atoms with van der Waals surface area (Å²) in [4.78, 5) is 3.95. The minimum Gasteiger partial charge on any atom is -0.542 e. The van der Waals surface area contributed by atoms with Crippen molar-refractivity contribution in [2.75, 3.05) is 0 Å². The van der Waals surface area contributed by atoms with Gasteiger partial charge in [0.2, 0.25) is 0 Å². The van der Waals surface area contributed by atoms with Gasteiger partial charge in [0.15, 0.2) is 0 Å². The van der Waals surface area contributed by atoms with Gasteiger partial charge in [-0.2, -0.15) is 0 Å². The Kier molecular flexibility index (Phi) is 4.01. The summed E-state index contributed by atoms with van der Waals surface area (Å²) in [5, 5.41) is 18.3. The second-order valence-corrected chi connectivity index (χ2v) is 10.4. The van der Waals surface area contributed by atoms with Gasteiger partial charge < -0.3 is 14.5 Å². The Morgan fingerprint density at radius 2 is 1.82 bits per heavy atom. The highest BCUT2D eigenvalue weighted by molar-refractivity contribution is 6.74. The van der Waals surface area contributed by atoms with E-state index in [1.165, 1.54) is 6.20 Å². The van der Waals surface area contributed by atoms with Crippen molar-refractivity contribution < 1.29 is 14.5 Å². The third kappa shape index (κ3) is 3.55. The molecule has 0 amide bonds. The van der Waals surface area contributed by atoms with Crippen molar-refractivity contribution in [3.05, 3.63) is 18.5 Å². The molecule has 0 radical (unpaired) electrons. The molecule has 1 rings (SSSR count). The van der Waals surface area contributed by atoms with Gasteiger partial charge in [-0.05, 0) is 24.2 Å². The van der Waals surface area contributed by atoms with Crippen LogP contribution < -0.4 is 9.89 Å². The molecule has 2 N–H and O–H groups in total. The topological polar surface area (TPSA) is 62.6 Å². The third-order valence-corrected chi connectivity index (χ3v) is 7.57. The van der Waals surface area contributed by atoms with E-state index in [2.05, 4.69) is 38.8 Å². The lowest BCUT2D eigenvalue weighted by atomic mass is 9.82. The molecule has 0 aliphatic heterocycles. The summed E-state index contributed by atoms with van der Waals surface area (Å²) >= 11 is 0. The highest BCUT2D eigenvalue weighted by Crippen LogP contribution is 2.36. The van der Waals surface area contributed by atoms with E-state index in [0.29, 0.717) is 11.2 Å². The van der Waals surface area contributed by atoms with Crippen molar-refractivity contribution in [2.24, 2.45) is 0 Å². The molecular weight excluding hydrogens is 233 g/mol. The number of aromatic nitrogens is 1. The van der Waals surface area contributed by atoms with Crippen molar-refractivity contribution in [3.63, 3.8) is 0 Å².